The smallest absolute Gasteiger partial charge is 0.269 e. The van der Waals surface area contributed by atoms with Gasteiger partial charge in [0.2, 0.25) is 5.91 Å². The van der Waals surface area contributed by atoms with Gasteiger partial charge in [0.15, 0.2) is 5.16 Å². The molecule has 8 nitrogen and oxygen atoms in total. The van der Waals surface area contributed by atoms with Crippen LogP contribution >= 0.6 is 11.8 Å². The van der Waals surface area contributed by atoms with Crippen LogP contribution in [0.2, 0.25) is 0 Å². The van der Waals surface area contributed by atoms with Crippen LogP contribution in [0.15, 0.2) is 41.6 Å². The molecule has 1 heterocycles. The van der Waals surface area contributed by atoms with Gasteiger partial charge in [-0.25, -0.2) is 4.98 Å². The number of nitrogens with zero attached hydrogens (tertiary/aromatic N) is 2. The SMILES string of the molecule is COc1ccc2nc(SCC(=O)Nc3ccc([N+](=O)[O-])cc3C)[nH]c2c1. The Morgan fingerprint density at radius 1 is 1.35 bits per heavy atom. The lowest BCUT2D eigenvalue weighted by atomic mass is 10.2. The first kappa shape index (κ1) is 17.7. The summed E-state index contributed by atoms with van der Waals surface area (Å²) in [6, 6.07) is 9.82. The van der Waals surface area contributed by atoms with Crippen molar-refractivity contribution in [1.82, 2.24) is 9.97 Å². The number of methoxy groups -OCH3 is 1. The van der Waals surface area contributed by atoms with Gasteiger partial charge in [0, 0.05) is 23.9 Å². The number of nitro groups is 1. The molecule has 1 aromatic heterocycles. The number of benzene rings is 2. The number of H-pyrrole nitrogens is 1. The zero-order chi connectivity index (χ0) is 18.7. The van der Waals surface area contributed by atoms with Gasteiger partial charge in [-0.3, -0.25) is 14.9 Å². The predicted molar refractivity (Wildman–Crippen MR) is 99.8 cm³/mol. The van der Waals surface area contributed by atoms with Gasteiger partial charge < -0.3 is 15.0 Å². The van der Waals surface area contributed by atoms with Crippen molar-refractivity contribution in [3.05, 3.63) is 52.1 Å². The van der Waals surface area contributed by atoms with Crippen LogP contribution in [-0.4, -0.2) is 33.7 Å². The van der Waals surface area contributed by atoms with Gasteiger partial charge in [-0.2, -0.15) is 0 Å². The second-order valence-electron chi connectivity index (χ2n) is 5.52. The predicted octanol–water partition coefficient (Wildman–Crippen LogP) is 3.52. The third kappa shape index (κ3) is 3.94. The second kappa shape index (κ2) is 7.44. The molecule has 0 bridgehead atoms. The first-order valence-corrected chi connectivity index (χ1v) is 8.66. The highest BCUT2D eigenvalue weighted by Gasteiger charge is 2.12. The van der Waals surface area contributed by atoms with Gasteiger partial charge in [0.25, 0.3) is 5.69 Å². The molecule has 0 saturated carbocycles. The number of carbonyl (C=O) groups is 1. The Balaban J connectivity index is 1.63. The minimum absolute atomic E-state index is 0.00687. The monoisotopic (exact) mass is 372 g/mol. The molecule has 0 radical (unpaired) electrons. The Bertz CT molecular complexity index is 986. The van der Waals surface area contributed by atoms with E-state index in [0.29, 0.717) is 16.4 Å². The van der Waals surface area contributed by atoms with Crippen molar-refractivity contribution in [2.24, 2.45) is 0 Å². The molecular weight excluding hydrogens is 356 g/mol. The fourth-order valence-corrected chi connectivity index (χ4v) is 3.07. The number of ether oxygens (including phenoxy) is 1. The minimum atomic E-state index is -0.467. The molecule has 9 heteroatoms. The van der Waals surface area contributed by atoms with Gasteiger partial charge in [0.1, 0.15) is 5.75 Å². The number of non-ortho nitro benzene ring substituents is 1. The van der Waals surface area contributed by atoms with Gasteiger partial charge in [-0.1, -0.05) is 11.8 Å². The van der Waals surface area contributed by atoms with E-state index in [1.807, 2.05) is 18.2 Å². The Hall–Kier alpha value is -3.07. The number of hydrogen-bond acceptors (Lipinski definition) is 6. The van der Waals surface area contributed by atoms with E-state index in [-0.39, 0.29) is 17.3 Å². The number of nitro benzene ring substituents is 1. The van der Waals surface area contributed by atoms with Gasteiger partial charge >= 0.3 is 0 Å². The Kier molecular flexibility index (Phi) is 5.08. The Morgan fingerprint density at radius 3 is 2.85 bits per heavy atom. The van der Waals surface area contributed by atoms with E-state index in [4.69, 9.17) is 4.74 Å². The van der Waals surface area contributed by atoms with Crippen molar-refractivity contribution in [1.29, 1.82) is 0 Å². The lowest BCUT2D eigenvalue weighted by Gasteiger charge is -2.07. The molecule has 2 N–H and O–H groups in total. The largest absolute Gasteiger partial charge is 0.497 e. The van der Waals surface area contributed by atoms with E-state index >= 15 is 0 Å². The van der Waals surface area contributed by atoms with Crippen molar-refractivity contribution < 1.29 is 14.5 Å². The third-order valence-corrected chi connectivity index (χ3v) is 4.58. The highest BCUT2D eigenvalue weighted by Crippen LogP contribution is 2.24. The summed E-state index contributed by atoms with van der Waals surface area (Å²) in [4.78, 5) is 30.0. The molecule has 0 aliphatic heterocycles. The average Bonchev–Trinajstić information content (AvgIpc) is 3.03. The molecular formula is C17H16N4O4S. The first-order chi connectivity index (χ1) is 12.5. The lowest BCUT2D eigenvalue weighted by molar-refractivity contribution is -0.384. The Morgan fingerprint density at radius 2 is 2.15 bits per heavy atom. The van der Waals surface area contributed by atoms with Crippen molar-refractivity contribution in [3.63, 3.8) is 0 Å². The number of aromatic amines is 1. The van der Waals surface area contributed by atoms with Gasteiger partial charge in [0.05, 0.1) is 28.8 Å². The van der Waals surface area contributed by atoms with E-state index in [1.165, 1.54) is 30.0 Å². The standard InChI is InChI=1S/C17H16N4O4S/c1-10-7-11(21(23)24)3-5-13(10)18-16(22)9-26-17-19-14-6-4-12(25-2)8-15(14)20-17/h3-8H,9H2,1-2H3,(H,18,22)(H,19,20). The molecule has 0 saturated heterocycles. The summed E-state index contributed by atoms with van der Waals surface area (Å²) in [5.41, 5.74) is 2.80. The van der Waals surface area contributed by atoms with Crippen LogP contribution < -0.4 is 10.1 Å². The fourth-order valence-electron chi connectivity index (χ4n) is 2.38. The molecule has 0 aliphatic rings. The van der Waals surface area contributed by atoms with Crippen molar-refractivity contribution in [2.45, 2.75) is 12.1 Å². The summed E-state index contributed by atoms with van der Waals surface area (Å²) in [7, 11) is 1.59. The maximum absolute atomic E-state index is 12.1. The number of nitrogens with one attached hydrogen (secondary N) is 2. The topological polar surface area (TPSA) is 110 Å². The molecule has 0 spiro atoms. The molecule has 0 atom stereocenters. The summed E-state index contributed by atoms with van der Waals surface area (Å²) in [5, 5.41) is 14.1. The van der Waals surface area contributed by atoms with Crippen LogP contribution in [0.25, 0.3) is 11.0 Å². The lowest BCUT2D eigenvalue weighted by Crippen LogP contribution is -2.15. The van der Waals surface area contributed by atoms with E-state index in [9.17, 15) is 14.9 Å². The molecule has 1 amide bonds. The summed E-state index contributed by atoms with van der Waals surface area (Å²) in [6.45, 7) is 1.71. The van der Waals surface area contributed by atoms with Crippen molar-refractivity contribution in [3.8, 4) is 5.75 Å². The highest BCUT2D eigenvalue weighted by molar-refractivity contribution is 7.99. The Labute approximate surface area is 153 Å². The van der Waals surface area contributed by atoms with Crippen LogP contribution in [-0.2, 0) is 4.79 Å². The number of aryl methyl sites for hydroxylation is 1. The van der Waals surface area contributed by atoms with Crippen molar-refractivity contribution >= 4 is 40.1 Å². The van der Waals surface area contributed by atoms with Crippen LogP contribution in [0.3, 0.4) is 0 Å². The number of carbonyl (C=O) groups excluding carboxylic acids is 1. The number of rotatable bonds is 6. The molecule has 2 aromatic carbocycles. The number of fused-ring (bicyclic) bond motifs is 1. The van der Waals surface area contributed by atoms with Crippen molar-refractivity contribution in [2.75, 3.05) is 18.2 Å². The van der Waals surface area contributed by atoms with Gasteiger partial charge in [-0.15, -0.1) is 0 Å². The average molecular weight is 372 g/mol. The summed E-state index contributed by atoms with van der Waals surface area (Å²) >= 11 is 1.27. The molecule has 134 valence electrons. The second-order valence-corrected chi connectivity index (χ2v) is 6.48. The molecule has 3 rings (SSSR count). The summed E-state index contributed by atoms with van der Waals surface area (Å²) in [6.07, 6.45) is 0. The minimum Gasteiger partial charge on any atom is -0.497 e. The highest BCUT2D eigenvalue weighted by atomic mass is 32.2. The zero-order valence-corrected chi connectivity index (χ0v) is 14.9. The van der Waals surface area contributed by atoms with E-state index < -0.39 is 4.92 Å². The maximum atomic E-state index is 12.1. The summed E-state index contributed by atoms with van der Waals surface area (Å²) in [5.74, 6) is 0.669. The third-order valence-electron chi connectivity index (χ3n) is 3.70. The van der Waals surface area contributed by atoms with E-state index in [2.05, 4.69) is 15.3 Å². The normalized spacial score (nSPS) is 10.7. The number of hydrogen-bond donors (Lipinski definition) is 2. The number of aromatic nitrogens is 2. The van der Waals surface area contributed by atoms with Crippen LogP contribution in [0.4, 0.5) is 11.4 Å². The van der Waals surface area contributed by atoms with E-state index in [0.717, 1.165) is 16.8 Å². The van der Waals surface area contributed by atoms with Gasteiger partial charge in [-0.05, 0) is 30.7 Å². The number of imidazole rings is 1. The molecule has 0 aliphatic carbocycles. The summed E-state index contributed by atoms with van der Waals surface area (Å²) < 4.78 is 5.17. The number of amides is 1. The molecule has 26 heavy (non-hydrogen) atoms. The maximum Gasteiger partial charge on any atom is 0.269 e. The number of thioether (sulfide) groups is 1. The molecule has 0 unspecified atom stereocenters. The fraction of sp³-hybridized carbons (Fsp3) is 0.176. The molecule has 0 fully saturated rings. The first-order valence-electron chi connectivity index (χ1n) is 7.67. The van der Waals surface area contributed by atoms with Crippen LogP contribution in [0.5, 0.6) is 5.75 Å². The molecule has 3 aromatic rings. The van der Waals surface area contributed by atoms with Crippen LogP contribution in [0, 0.1) is 17.0 Å². The van der Waals surface area contributed by atoms with E-state index in [1.54, 1.807) is 14.0 Å². The quantitative estimate of drug-likeness (QED) is 0.389. The van der Waals surface area contributed by atoms with Crippen LogP contribution in [0.1, 0.15) is 5.56 Å². The number of anilines is 1. The zero-order valence-electron chi connectivity index (χ0n) is 14.1.